The average molecular weight is 297 g/mol. The Kier molecular flexibility index (Phi) is 4.79. The lowest BCUT2D eigenvalue weighted by molar-refractivity contribution is 0.481. The van der Waals surface area contributed by atoms with Gasteiger partial charge in [0.2, 0.25) is 11.6 Å². The zero-order valence-corrected chi connectivity index (χ0v) is 13.2. The van der Waals surface area contributed by atoms with Crippen molar-refractivity contribution in [1.82, 2.24) is 4.98 Å². The van der Waals surface area contributed by atoms with Crippen molar-refractivity contribution in [3.63, 3.8) is 0 Å². The second-order valence-electron chi connectivity index (χ2n) is 5.35. The minimum atomic E-state index is 0.116. The number of hydrogen-bond donors (Lipinski definition) is 1. The Morgan fingerprint density at radius 2 is 2.00 bits per heavy atom. The maximum Gasteiger partial charge on any atom is 0.252 e. The van der Waals surface area contributed by atoms with E-state index in [1.54, 1.807) is 6.21 Å². The molecule has 6 nitrogen and oxygen atoms in total. The first kappa shape index (κ1) is 15.6. The minimum absolute atomic E-state index is 0.116. The van der Waals surface area contributed by atoms with Crippen molar-refractivity contribution >= 4 is 17.8 Å². The Bertz CT molecular complexity index is 692. The summed E-state index contributed by atoms with van der Waals surface area (Å²) in [5.74, 6) is 0.905. The van der Waals surface area contributed by atoms with E-state index >= 15 is 0 Å². The van der Waals surface area contributed by atoms with Crippen molar-refractivity contribution < 1.29 is 4.42 Å². The van der Waals surface area contributed by atoms with Gasteiger partial charge in [-0.25, -0.2) is 10.4 Å². The Morgan fingerprint density at radius 1 is 1.32 bits per heavy atom. The largest absolute Gasteiger partial charge is 0.422 e. The molecule has 0 saturated heterocycles. The summed E-state index contributed by atoms with van der Waals surface area (Å²) in [6.07, 6.45) is 1.66. The molecule has 0 spiro atoms. The van der Waals surface area contributed by atoms with E-state index in [4.69, 9.17) is 9.68 Å². The topological polar surface area (TPSA) is 77.5 Å². The van der Waals surface area contributed by atoms with E-state index in [-0.39, 0.29) is 17.5 Å². The minimum Gasteiger partial charge on any atom is -0.422 e. The lowest BCUT2D eigenvalue weighted by Crippen LogP contribution is -2.08. The third kappa shape index (κ3) is 3.64. The molecular weight excluding hydrogens is 278 g/mol. The molecule has 2 rings (SSSR count). The summed E-state index contributed by atoms with van der Waals surface area (Å²) in [5, 5.41) is 13.1. The summed E-state index contributed by atoms with van der Waals surface area (Å²) in [7, 11) is 3.98. The number of oxazole rings is 1. The van der Waals surface area contributed by atoms with E-state index in [1.807, 2.05) is 63.2 Å². The summed E-state index contributed by atoms with van der Waals surface area (Å²) in [6.45, 7) is 3.90. The molecule has 2 aromatic rings. The fourth-order valence-corrected chi connectivity index (χ4v) is 1.76. The van der Waals surface area contributed by atoms with Gasteiger partial charge in [0.05, 0.1) is 6.21 Å². The number of anilines is 2. The van der Waals surface area contributed by atoms with Gasteiger partial charge in [-0.15, -0.1) is 0 Å². The molecule has 0 fully saturated rings. The third-order valence-corrected chi connectivity index (χ3v) is 3.03. The van der Waals surface area contributed by atoms with Crippen molar-refractivity contribution in [2.45, 2.75) is 19.8 Å². The summed E-state index contributed by atoms with van der Waals surface area (Å²) in [6, 6.07) is 9.94. The smallest absolute Gasteiger partial charge is 0.252 e. The van der Waals surface area contributed by atoms with Crippen molar-refractivity contribution in [3.8, 4) is 6.07 Å². The molecule has 0 unspecified atom stereocenters. The molecule has 1 N–H and O–H groups in total. The molecule has 114 valence electrons. The monoisotopic (exact) mass is 297 g/mol. The lowest BCUT2D eigenvalue weighted by Gasteiger charge is -2.11. The van der Waals surface area contributed by atoms with Gasteiger partial charge >= 0.3 is 0 Å². The van der Waals surface area contributed by atoms with Gasteiger partial charge in [0.15, 0.2) is 0 Å². The highest BCUT2D eigenvalue weighted by atomic mass is 16.4. The van der Waals surface area contributed by atoms with Gasteiger partial charge in [-0.1, -0.05) is 26.0 Å². The van der Waals surface area contributed by atoms with Crippen LogP contribution in [-0.4, -0.2) is 25.3 Å². The molecule has 0 aliphatic carbocycles. The highest BCUT2D eigenvalue weighted by Crippen LogP contribution is 2.22. The van der Waals surface area contributed by atoms with Crippen molar-refractivity contribution in [2.75, 3.05) is 24.4 Å². The Labute approximate surface area is 130 Å². The number of aromatic nitrogens is 1. The highest BCUT2D eigenvalue weighted by molar-refractivity contribution is 5.80. The maximum absolute atomic E-state index is 9.04. The normalized spacial score (nSPS) is 10.9. The zero-order valence-electron chi connectivity index (χ0n) is 13.2. The fourth-order valence-electron chi connectivity index (χ4n) is 1.76. The molecule has 1 aromatic carbocycles. The van der Waals surface area contributed by atoms with Crippen LogP contribution in [0.5, 0.6) is 0 Å². The number of benzene rings is 1. The first-order valence-electron chi connectivity index (χ1n) is 6.98. The van der Waals surface area contributed by atoms with Crippen LogP contribution in [0.2, 0.25) is 0 Å². The van der Waals surface area contributed by atoms with Gasteiger partial charge in [0.25, 0.3) is 5.88 Å². The zero-order chi connectivity index (χ0) is 16.1. The van der Waals surface area contributed by atoms with Gasteiger partial charge in [-0.2, -0.15) is 10.4 Å². The number of hydrogen-bond acceptors (Lipinski definition) is 6. The summed E-state index contributed by atoms with van der Waals surface area (Å²) >= 11 is 0. The Hall–Kier alpha value is -2.81. The number of nitriles is 1. The quantitative estimate of drug-likeness (QED) is 0.677. The molecule has 6 heteroatoms. The molecule has 1 heterocycles. The van der Waals surface area contributed by atoms with Crippen LogP contribution in [0, 0.1) is 11.3 Å². The number of hydrazone groups is 1. The second-order valence-corrected chi connectivity index (χ2v) is 5.35. The van der Waals surface area contributed by atoms with Crippen LogP contribution < -0.4 is 10.3 Å². The molecule has 0 radical (unpaired) electrons. The van der Waals surface area contributed by atoms with E-state index in [0.717, 1.165) is 11.3 Å². The van der Waals surface area contributed by atoms with E-state index in [1.165, 1.54) is 0 Å². The molecule has 22 heavy (non-hydrogen) atoms. The maximum atomic E-state index is 9.04. The van der Waals surface area contributed by atoms with E-state index in [2.05, 4.69) is 15.5 Å². The molecule has 0 atom stereocenters. The first-order valence-corrected chi connectivity index (χ1v) is 6.98. The average Bonchev–Trinajstić information content (AvgIpc) is 2.91. The van der Waals surface area contributed by atoms with Crippen molar-refractivity contribution in [3.05, 3.63) is 41.4 Å². The highest BCUT2D eigenvalue weighted by Gasteiger charge is 2.14. The van der Waals surface area contributed by atoms with Crippen LogP contribution in [-0.2, 0) is 0 Å². The molecule has 0 amide bonds. The summed E-state index contributed by atoms with van der Waals surface area (Å²) in [5.41, 5.74) is 5.01. The van der Waals surface area contributed by atoms with Crippen LogP contribution >= 0.6 is 0 Å². The molecule has 0 bridgehead atoms. The predicted octanol–water partition coefficient (Wildman–Crippen LogP) is 3.18. The molecule has 1 aromatic heterocycles. The van der Waals surface area contributed by atoms with E-state index < -0.39 is 0 Å². The van der Waals surface area contributed by atoms with Gasteiger partial charge < -0.3 is 9.32 Å². The lowest BCUT2D eigenvalue weighted by atomic mass is 10.2. The van der Waals surface area contributed by atoms with Crippen molar-refractivity contribution in [2.24, 2.45) is 5.10 Å². The van der Waals surface area contributed by atoms with Crippen LogP contribution in [0.3, 0.4) is 0 Å². The van der Waals surface area contributed by atoms with E-state index in [0.29, 0.717) is 5.89 Å². The Balaban J connectivity index is 2.07. The predicted molar refractivity (Wildman–Crippen MR) is 87.3 cm³/mol. The van der Waals surface area contributed by atoms with Crippen LogP contribution in [0.15, 0.2) is 33.8 Å². The standard InChI is InChI=1S/C16H19N5O/c1-11(2)15-19-14(9-17)16(22-15)20-18-10-12-5-7-13(8-6-12)21(3)4/h5-8,10-11,20H,1-4H3/b18-10+. The molecular formula is C16H19N5O. The first-order chi connectivity index (χ1) is 10.5. The Morgan fingerprint density at radius 3 is 2.55 bits per heavy atom. The summed E-state index contributed by atoms with van der Waals surface area (Å²) < 4.78 is 5.49. The van der Waals surface area contributed by atoms with Crippen LogP contribution in [0.1, 0.15) is 36.9 Å². The third-order valence-electron chi connectivity index (χ3n) is 3.03. The summed E-state index contributed by atoms with van der Waals surface area (Å²) in [4.78, 5) is 6.14. The van der Waals surface area contributed by atoms with Gasteiger partial charge in [0, 0.05) is 25.7 Å². The van der Waals surface area contributed by atoms with Gasteiger partial charge in [-0.3, -0.25) is 0 Å². The number of rotatable bonds is 5. The SMILES string of the molecule is CC(C)c1nc(C#N)c(N/N=C/c2ccc(N(C)C)cc2)o1. The van der Waals surface area contributed by atoms with Gasteiger partial charge in [-0.05, 0) is 17.7 Å². The van der Waals surface area contributed by atoms with Crippen LogP contribution in [0.4, 0.5) is 11.6 Å². The van der Waals surface area contributed by atoms with Crippen LogP contribution in [0.25, 0.3) is 0 Å². The second kappa shape index (κ2) is 6.76. The van der Waals surface area contributed by atoms with E-state index in [9.17, 15) is 0 Å². The molecule has 0 aliphatic rings. The number of nitrogens with one attached hydrogen (secondary N) is 1. The number of nitrogens with zero attached hydrogens (tertiary/aromatic N) is 4. The molecule has 0 aliphatic heterocycles. The van der Waals surface area contributed by atoms with Gasteiger partial charge in [0.1, 0.15) is 6.07 Å². The fraction of sp³-hybridized carbons (Fsp3) is 0.312. The molecule has 0 saturated carbocycles. The van der Waals surface area contributed by atoms with Crippen molar-refractivity contribution in [1.29, 1.82) is 5.26 Å².